The van der Waals surface area contributed by atoms with Crippen molar-refractivity contribution in [2.24, 2.45) is 0 Å². The zero-order valence-electron chi connectivity index (χ0n) is 14.1. The molecule has 25 heavy (non-hydrogen) atoms. The Labute approximate surface area is 160 Å². The number of ether oxygens (including phenoxy) is 1. The smallest absolute Gasteiger partial charge is 0.191 e. The molecular weight excluding hydrogens is 398 g/mol. The first-order valence-electron chi connectivity index (χ1n) is 8.77. The van der Waals surface area contributed by atoms with Crippen molar-refractivity contribution in [2.45, 2.75) is 24.6 Å². The van der Waals surface area contributed by atoms with Crippen molar-refractivity contribution in [2.75, 3.05) is 20.1 Å². The molecule has 1 aromatic heterocycles. The van der Waals surface area contributed by atoms with Gasteiger partial charge in [-0.2, -0.15) is 5.01 Å². The zero-order chi connectivity index (χ0) is 17.0. The summed E-state index contributed by atoms with van der Waals surface area (Å²) in [7, 11) is 2.27. The van der Waals surface area contributed by atoms with E-state index in [1.807, 2.05) is 0 Å². The fourth-order valence-electron chi connectivity index (χ4n) is 4.13. The predicted molar refractivity (Wildman–Crippen MR) is 103 cm³/mol. The number of nitrogens with one attached hydrogen (secondary N) is 2. The topological polar surface area (TPSA) is 28.9 Å². The lowest BCUT2D eigenvalue weighted by Crippen LogP contribution is -3.11. The highest BCUT2D eigenvalue weighted by molar-refractivity contribution is 9.11. The number of halogens is 1. The van der Waals surface area contributed by atoms with Gasteiger partial charge in [-0.3, -0.25) is 0 Å². The summed E-state index contributed by atoms with van der Waals surface area (Å²) in [5, 5.41) is 2.37. The van der Waals surface area contributed by atoms with Gasteiger partial charge in [-0.05, 0) is 40.2 Å². The molecule has 4 heterocycles. The first-order valence-corrected chi connectivity index (χ1v) is 10.4. The Morgan fingerprint density at radius 3 is 2.80 bits per heavy atom. The minimum absolute atomic E-state index is 0.222. The number of rotatable bonds is 1. The van der Waals surface area contributed by atoms with Gasteiger partial charge >= 0.3 is 0 Å². The molecule has 0 radical (unpaired) electrons. The highest BCUT2D eigenvalue weighted by atomic mass is 79.9. The average molecular weight is 419 g/mol. The van der Waals surface area contributed by atoms with Gasteiger partial charge in [0.2, 0.25) is 0 Å². The third-order valence-electron chi connectivity index (χ3n) is 5.54. The minimum atomic E-state index is -0.259. The maximum absolute atomic E-state index is 6.62. The molecule has 0 amide bonds. The summed E-state index contributed by atoms with van der Waals surface area (Å²) in [6.07, 6.45) is 4.42. The molecule has 130 valence electrons. The van der Waals surface area contributed by atoms with Crippen LogP contribution in [0.15, 0.2) is 46.3 Å². The van der Waals surface area contributed by atoms with Crippen LogP contribution in [0.5, 0.6) is 5.75 Å². The summed E-state index contributed by atoms with van der Waals surface area (Å²) in [5.41, 5.74) is 5.86. The zero-order valence-corrected chi connectivity index (χ0v) is 16.5. The van der Waals surface area contributed by atoms with E-state index in [-0.39, 0.29) is 11.8 Å². The largest absolute Gasteiger partial charge is 0.470 e. The second-order valence-corrected chi connectivity index (χ2v) is 9.62. The number of fused-ring (bicyclic) bond motifs is 4. The van der Waals surface area contributed by atoms with E-state index in [2.05, 4.69) is 75.9 Å². The standard InChI is InChI=1S/C19H20BrN3OS/c1-22-10-8-19(9-11-22)23-15(13-4-2-3-5-16(13)24-19)12-14(21-23)17-6-7-18(20)25-17/h2-7,12,15,21H,8-11H2,1H3/p+1/t15-/m0/s1. The van der Waals surface area contributed by atoms with Crippen molar-refractivity contribution in [3.63, 3.8) is 0 Å². The molecule has 0 saturated carbocycles. The van der Waals surface area contributed by atoms with Gasteiger partial charge in [0.15, 0.2) is 5.72 Å². The third-order valence-corrected chi connectivity index (χ3v) is 7.20. The molecule has 1 saturated heterocycles. The number of piperidine rings is 1. The molecule has 1 fully saturated rings. The van der Waals surface area contributed by atoms with Crippen LogP contribution in [0.1, 0.15) is 29.3 Å². The average Bonchev–Trinajstić information content (AvgIpc) is 3.25. The van der Waals surface area contributed by atoms with Crippen LogP contribution in [-0.4, -0.2) is 30.9 Å². The van der Waals surface area contributed by atoms with E-state index in [1.165, 1.54) is 16.1 Å². The van der Waals surface area contributed by atoms with Crippen LogP contribution >= 0.6 is 27.3 Å². The SMILES string of the molecule is C[NH+]1CCC2(CC1)Oc1ccccc1[C@@H]1C=C(c3ccc(Br)s3)NN12. The Hall–Kier alpha value is -1.34. The molecule has 3 aliphatic rings. The van der Waals surface area contributed by atoms with Crippen molar-refractivity contribution in [1.29, 1.82) is 0 Å². The number of nitrogens with zero attached hydrogens (tertiary/aromatic N) is 1. The number of hydrogen-bond acceptors (Lipinski definition) is 4. The van der Waals surface area contributed by atoms with Crippen molar-refractivity contribution in [3.8, 4) is 5.75 Å². The number of hydrazine groups is 1. The van der Waals surface area contributed by atoms with Gasteiger partial charge in [-0.1, -0.05) is 18.2 Å². The number of hydrogen-bond donors (Lipinski definition) is 2. The van der Waals surface area contributed by atoms with Crippen LogP contribution in [0.2, 0.25) is 0 Å². The first-order chi connectivity index (χ1) is 12.1. The van der Waals surface area contributed by atoms with Crippen LogP contribution < -0.4 is 15.1 Å². The van der Waals surface area contributed by atoms with E-state index in [4.69, 9.17) is 4.74 Å². The molecule has 2 aromatic rings. The Bertz CT molecular complexity index is 841. The van der Waals surface area contributed by atoms with E-state index in [0.29, 0.717) is 0 Å². The number of thiophene rings is 1. The molecule has 0 unspecified atom stereocenters. The summed E-state index contributed by atoms with van der Waals surface area (Å²) < 4.78 is 7.78. The van der Waals surface area contributed by atoms with Gasteiger partial charge in [-0.15, -0.1) is 11.3 Å². The van der Waals surface area contributed by atoms with Gasteiger partial charge in [0.05, 0.1) is 53.4 Å². The molecular formula is C19H21BrN3OS+. The summed E-state index contributed by atoms with van der Waals surface area (Å²) in [5.74, 6) is 1.04. The van der Waals surface area contributed by atoms with Crippen molar-refractivity contribution >= 4 is 33.0 Å². The van der Waals surface area contributed by atoms with Gasteiger partial charge in [0, 0.05) is 5.56 Å². The summed E-state index contributed by atoms with van der Waals surface area (Å²) in [6.45, 7) is 2.26. The summed E-state index contributed by atoms with van der Waals surface area (Å²) in [6, 6.07) is 13.0. The Morgan fingerprint density at radius 2 is 2.04 bits per heavy atom. The molecule has 6 heteroatoms. The monoisotopic (exact) mass is 418 g/mol. The lowest BCUT2D eigenvalue weighted by Gasteiger charge is -2.50. The number of para-hydroxylation sites is 1. The molecule has 4 nitrogen and oxygen atoms in total. The lowest BCUT2D eigenvalue weighted by atomic mass is 9.93. The highest BCUT2D eigenvalue weighted by Crippen LogP contribution is 2.48. The van der Waals surface area contributed by atoms with E-state index < -0.39 is 0 Å². The molecule has 3 aliphatic heterocycles. The van der Waals surface area contributed by atoms with Crippen LogP contribution in [0.25, 0.3) is 5.70 Å². The molecule has 5 rings (SSSR count). The number of quaternary nitrogens is 1. The van der Waals surface area contributed by atoms with E-state index >= 15 is 0 Å². The normalized spacial score (nSPS) is 31.0. The van der Waals surface area contributed by atoms with Crippen LogP contribution in [0.4, 0.5) is 0 Å². The summed E-state index contributed by atoms with van der Waals surface area (Å²) >= 11 is 5.34. The molecule has 1 aromatic carbocycles. The number of likely N-dealkylation sites (tertiary alicyclic amines) is 1. The first kappa shape index (κ1) is 15.9. The quantitative estimate of drug-likeness (QED) is 0.745. The molecule has 2 N–H and O–H groups in total. The predicted octanol–water partition coefficient (Wildman–Crippen LogP) is 2.81. The Kier molecular flexibility index (Phi) is 3.71. The molecule has 1 atom stereocenters. The second-order valence-electron chi connectivity index (χ2n) is 7.15. The van der Waals surface area contributed by atoms with Gasteiger partial charge in [0.25, 0.3) is 0 Å². The number of benzene rings is 1. The van der Waals surface area contributed by atoms with E-state index in [9.17, 15) is 0 Å². The summed E-state index contributed by atoms with van der Waals surface area (Å²) in [4.78, 5) is 2.84. The Morgan fingerprint density at radius 1 is 1.24 bits per heavy atom. The second kappa shape index (κ2) is 5.84. The maximum atomic E-state index is 6.62. The molecule has 0 aliphatic carbocycles. The van der Waals surface area contributed by atoms with Crippen molar-refractivity contribution < 1.29 is 9.64 Å². The third kappa shape index (κ3) is 2.54. The lowest BCUT2D eigenvalue weighted by molar-refractivity contribution is -0.888. The Balaban J connectivity index is 1.57. The fourth-order valence-corrected chi connectivity index (χ4v) is 5.49. The van der Waals surface area contributed by atoms with Gasteiger partial charge < -0.3 is 15.1 Å². The van der Waals surface area contributed by atoms with E-state index in [1.54, 1.807) is 16.2 Å². The molecule has 0 bridgehead atoms. The fraction of sp³-hybridized carbons (Fsp3) is 0.368. The van der Waals surface area contributed by atoms with Crippen LogP contribution in [0.3, 0.4) is 0 Å². The van der Waals surface area contributed by atoms with Crippen molar-refractivity contribution in [1.82, 2.24) is 10.4 Å². The molecule has 1 spiro atoms. The van der Waals surface area contributed by atoms with Crippen molar-refractivity contribution in [3.05, 3.63) is 56.7 Å². The van der Waals surface area contributed by atoms with Crippen LogP contribution in [-0.2, 0) is 0 Å². The maximum Gasteiger partial charge on any atom is 0.191 e. The van der Waals surface area contributed by atoms with E-state index in [0.717, 1.165) is 35.5 Å². The van der Waals surface area contributed by atoms with Gasteiger partial charge in [-0.25, -0.2) is 0 Å². The minimum Gasteiger partial charge on any atom is -0.470 e. The van der Waals surface area contributed by atoms with Crippen LogP contribution in [0, 0.1) is 0 Å². The van der Waals surface area contributed by atoms with Gasteiger partial charge in [0.1, 0.15) is 5.75 Å². The highest BCUT2D eigenvalue weighted by Gasteiger charge is 2.52.